The van der Waals surface area contributed by atoms with Gasteiger partial charge in [0, 0.05) is 10.5 Å². The number of carboxylic acid groups (broad SMARTS) is 1. The minimum Gasteiger partial charge on any atom is -0.481 e. The van der Waals surface area contributed by atoms with E-state index in [1.54, 1.807) is 11.6 Å². The molecule has 2 N–H and O–H groups in total. The zero-order chi connectivity index (χ0) is 17.3. The predicted octanol–water partition coefficient (Wildman–Crippen LogP) is 2.32. The Hall–Kier alpha value is -2.22. The molecule has 1 aliphatic rings. The summed E-state index contributed by atoms with van der Waals surface area (Å²) in [5, 5.41) is 19.9. The van der Waals surface area contributed by atoms with Crippen LogP contribution in [0.25, 0.3) is 5.69 Å². The Balaban J connectivity index is 1.74. The Labute approximate surface area is 147 Å². The third-order valence-electron chi connectivity index (χ3n) is 4.28. The van der Waals surface area contributed by atoms with Crippen LogP contribution in [0.2, 0.25) is 0 Å². The van der Waals surface area contributed by atoms with Gasteiger partial charge in [-0.3, -0.25) is 9.59 Å². The van der Waals surface area contributed by atoms with Crippen LogP contribution in [0.4, 0.5) is 0 Å². The molecule has 126 valence electrons. The zero-order valence-electron chi connectivity index (χ0n) is 13.1. The van der Waals surface area contributed by atoms with Crippen molar-refractivity contribution < 1.29 is 14.7 Å². The second kappa shape index (κ2) is 6.72. The van der Waals surface area contributed by atoms with Crippen molar-refractivity contribution in [1.29, 1.82) is 0 Å². The number of aliphatic carboxylic acids is 1. The number of carbonyl (C=O) groups excluding carboxylic acids is 1. The molecule has 1 amide bonds. The van der Waals surface area contributed by atoms with Crippen LogP contribution >= 0.6 is 15.9 Å². The number of nitrogens with zero attached hydrogens (tertiary/aromatic N) is 3. The van der Waals surface area contributed by atoms with Crippen molar-refractivity contribution in [2.24, 2.45) is 5.92 Å². The molecule has 24 heavy (non-hydrogen) atoms. The summed E-state index contributed by atoms with van der Waals surface area (Å²) in [6.45, 7) is 1.78. The molecule has 1 aromatic carbocycles. The molecule has 1 fully saturated rings. The summed E-state index contributed by atoms with van der Waals surface area (Å²) < 4.78 is 2.51. The first-order valence-corrected chi connectivity index (χ1v) is 8.47. The smallest absolute Gasteiger partial charge is 0.306 e. The molecule has 0 radical (unpaired) electrons. The van der Waals surface area contributed by atoms with Gasteiger partial charge in [0.1, 0.15) is 0 Å². The third-order valence-corrected chi connectivity index (χ3v) is 4.77. The van der Waals surface area contributed by atoms with Crippen LogP contribution in [0.1, 0.15) is 35.4 Å². The summed E-state index contributed by atoms with van der Waals surface area (Å²) in [5.74, 6) is -1.50. The molecular formula is C16H17BrN4O3. The summed E-state index contributed by atoms with van der Waals surface area (Å²) in [6, 6.07) is 7.42. The van der Waals surface area contributed by atoms with Crippen molar-refractivity contribution in [1.82, 2.24) is 20.3 Å². The van der Waals surface area contributed by atoms with Gasteiger partial charge in [-0.2, -0.15) is 0 Å². The number of carboxylic acids is 1. The largest absolute Gasteiger partial charge is 0.481 e. The van der Waals surface area contributed by atoms with E-state index in [1.807, 2.05) is 24.3 Å². The van der Waals surface area contributed by atoms with E-state index in [4.69, 9.17) is 5.11 Å². The number of rotatable bonds is 4. The van der Waals surface area contributed by atoms with E-state index >= 15 is 0 Å². The van der Waals surface area contributed by atoms with Crippen LogP contribution in [0, 0.1) is 12.8 Å². The minimum atomic E-state index is -0.802. The van der Waals surface area contributed by atoms with Gasteiger partial charge < -0.3 is 10.4 Å². The molecule has 1 heterocycles. The van der Waals surface area contributed by atoms with Gasteiger partial charge in [-0.05, 0) is 44.4 Å². The number of nitrogens with one attached hydrogen (secondary N) is 1. The van der Waals surface area contributed by atoms with Crippen LogP contribution in [0.15, 0.2) is 28.7 Å². The fraction of sp³-hybridized carbons (Fsp3) is 0.375. The highest BCUT2D eigenvalue weighted by molar-refractivity contribution is 9.10. The van der Waals surface area contributed by atoms with Gasteiger partial charge >= 0.3 is 5.97 Å². The molecule has 2 aromatic rings. The molecule has 3 rings (SSSR count). The maximum Gasteiger partial charge on any atom is 0.306 e. The summed E-state index contributed by atoms with van der Waals surface area (Å²) in [7, 11) is 0. The van der Waals surface area contributed by atoms with Crippen molar-refractivity contribution in [2.75, 3.05) is 0 Å². The lowest BCUT2D eigenvalue weighted by Gasteiger charge is -2.11. The topological polar surface area (TPSA) is 97.1 Å². The average molecular weight is 393 g/mol. The molecular weight excluding hydrogens is 376 g/mol. The number of benzene rings is 1. The van der Waals surface area contributed by atoms with Gasteiger partial charge in [0.2, 0.25) is 0 Å². The number of halogens is 1. The van der Waals surface area contributed by atoms with E-state index in [0.29, 0.717) is 25.0 Å². The molecule has 8 heteroatoms. The van der Waals surface area contributed by atoms with Crippen molar-refractivity contribution in [3.05, 3.63) is 40.1 Å². The van der Waals surface area contributed by atoms with Gasteiger partial charge in [0.05, 0.1) is 17.3 Å². The molecule has 0 bridgehead atoms. The summed E-state index contributed by atoms with van der Waals surface area (Å²) >= 11 is 3.41. The summed E-state index contributed by atoms with van der Waals surface area (Å²) in [4.78, 5) is 23.4. The van der Waals surface area contributed by atoms with E-state index < -0.39 is 5.97 Å². The van der Waals surface area contributed by atoms with E-state index in [0.717, 1.165) is 10.2 Å². The first-order valence-electron chi connectivity index (χ1n) is 7.67. The first-order chi connectivity index (χ1) is 11.5. The fourth-order valence-corrected chi connectivity index (χ4v) is 3.37. The van der Waals surface area contributed by atoms with E-state index in [-0.39, 0.29) is 23.6 Å². The van der Waals surface area contributed by atoms with Gasteiger partial charge in [-0.1, -0.05) is 27.2 Å². The molecule has 1 saturated carbocycles. The lowest BCUT2D eigenvalue weighted by molar-refractivity contribution is -0.141. The second-order valence-corrected chi connectivity index (χ2v) is 6.85. The molecule has 7 nitrogen and oxygen atoms in total. The number of aromatic nitrogens is 3. The van der Waals surface area contributed by atoms with Gasteiger partial charge in [0.15, 0.2) is 5.69 Å². The Morgan fingerprint density at radius 2 is 2.17 bits per heavy atom. The van der Waals surface area contributed by atoms with Crippen molar-refractivity contribution in [3.63, 3.8) is 0 Å². The van der Waals surface area contributed by atoms with Gasteiger partial charge in [0.25, 0.3) is 5.91 Å². The summed E-state index contributed by atoms with van der Waals surface area (Å²) in [5.41, 5.74) is 1.70. The maximum atomic E-state index is 12.4. The quantitative estimate of drug-likeness (QED) is 0.831. The average Bonchev–Trinajstić information content (AvgIpc) is 3.14. The molecule has 0 unspecified atom stereocenters. The number of carbonyl (C=O) groups is 2. The van der Waals surface area contributed by atoms with Crippen LogP contribution in [-0.2, 0) is 4.79 Å². The highest BCUT2D eigenvalue weighted by Crippen LogP contribution is 2.26. The first kappa shape index (κ1) is 16.6. The van der Waals surface area contributed by atoms with Crippen molar-refractivity contribution in [2.45, 2.75) is 32.2 Å². The van der Waals surface area contributed by atoms with Gasteiger partial charge in [-0.15, -0.1) is 5.10 Å². The Kier molecular flexibility index (Phi) is 4.66. The van der Waals surface area contributed by atoms with Crippen molar-refractivity contribution >= 4 is 27.8 Å². The standard InChI is InChI=1S/C16H17BrN4O3/c1-9-14(15(22)18-12-6-5-10(7-12)16(23)24)19-20-21(9)13-4-2-3-11(17)8-13/h2-4,8,10,12H,5-7H2,1H3,(H,18,22)(H,23,24)/t10-,12+/m1/s1. The zero-order valence-corrected chi connectivity index (χ0v) is 14.7. The highest BCUT2D eigenvalue weighted by atomic mass is 79.9. The molecule has 0 aliphatic heterocycles. The minimum absolute atomic E-state index is 0.131. The monoisotopic (exact) mass is 392 g/mol. The molecule has 0 saturated heterocycles. The SMILES string of the molecule is Cc1c(C(=O)N[C@H]2CC[C@@H](C(=O)O)C2)nnn1-c1cccc(Br)c1. The van der Waals surface area contributed by atoms with Crippen LogP contribution in [-0.4, -0.2) is 38.0 Å². The van der Waals surface area contributed by atoms with Crippen LogP contribution < -0.4 is 5.32 Å². The highest BCUT2D eigenvalue weighted by Gasteiger charge is 2.31. The Bertz CT molecular complexity index is 789. The number of hydrogen-bond acceptors (Lipinski definition) is 4. The van der Waals surface area contributed by atoms with E-state index in [2.05, 4.69) is 31.6 Å². The fourth-order valence-electron chi connectivity index (χ4n) is 2.98. The normalized spacial score (nSPS) is 20.1. The summed E-state index contributed by atoms with van der Waals surface area (Å²) in [6.07, 6.45) is 1.71. The maximum absolute atomic E-state index is 12.4. The number of hydrogen-bond donors (Lipinski definition) is 2. The van der Waals surface area contributed by atoms with E-state index in [1.165, 1.54) is 0 Å². The predicted molar refractivity (Wildman–Crippen MR) is 90.0 cm³/mol. The lowest BCUT2D eigenvalue weighted by Crippen LogP contribution is -2.34. The molecule has 0 spiro atoms. The third kappa shape index (κ3) is 3.33. The van der Waals surface area contributed by atoms with Gasteiger partial charge in [-0.25, -0.2) is 4.68 Å². The van der Waals surface area contributed by atoms with E-state index in [9.17, 15) is 9.59 Å². The lowest BCUT2D eigenvalue weighted by atomic mass is 10.1. The van der Waals surface area contributed by atoms with Crippen molar-refractivity contribution in [3.8, 4) is 5.69 Å². The van der Waals surface area contributed by atoms with Crippen LogP contribution in [0.5, 0.6) is 0 Å². The number of amides is 1. The Morgan fingerprint density at radius 3 is 2.83 bits per heavy atom. The molecule has 1 aromatic heterocycles. The molecule has 1 aliphatic carbocycles. The second-order valence-electron chi connectivity index (χ2n) is 5.93. The Morgan fingerprint density at radius 1 is 1.38 bits per heavy atom. The van der Waals surface area contributed by atoms with Crippen LogP contribution in [0.3, 0.4) is 0 Å². The molecule has 2 atom stereocenters.